The minimum Gasteiger partial charge on any atom is -0.462 e. The van der Waals surface area contributed by atoms with Gasteiger partial charge in [0.25, 0.3) is 0 Å². The van der Waals surface area contributed by atoms with Gasteiger partial charge in [-0.15, -0.1) is 0 Å². The summed E-state index contributed by atoms with van der Waals surface area (Å²) in [6, 6.07) is 0. The fraction of sp³-hybridized carbons (Fsp3) is 0.957. The number of rotatable bonds is 3. The summed E-state index contributed by atoms with van der Waals surface area (Å²) < 4.78 is 17.4. The second kappa shape index (κ2) is 6.73. The van der Waals surface area contributed by atoms with Gasteiger partial charge in [0.1, 0.15) is 6.10 Å². The lowest BCUT2D eigenvalue weighted by atomic mass is 9.45. The van der Waals surface area contributed by atoms with Crippen LogP contribution in [0, 0.1) is 34.5 Å². The fourth-order valence-electron chi connectivity index (χ4n) is 8.00. The van der Waals surface area contributed by atoms with Gasteiger partial charge in [0, 0.05) is 39.4 Å². The van der Waals surface area contributed by atoms with Gasteiger partial charge in [0.05, 0.1) is 0 Å². The first kappa shape index (κ1) is 19.7. The Morgan fingerprint density at radius 1 is 0.852 bits per heavy atom. The molecule has 4 aliphatic rings. The lowest BCUT2D eigenvalue weighted by Gasteiger charge is -2.62. The summed E-state index contributed by atoms with van der Waals surface area (Å²) in [5, 5.41) is 0. The van der Waals surface area contributed by atoms with Crippen LogP contribution in [0.3, 0.4) is 0 Å². The van der Waals surface area contributed by atoms with Crippen molar-refractivity contribution in [2.45, 2.75) is 90.4 Å². The average molecular weight is 379 g/mol. The van der Waals surface area contributed by atoms with Crippen LogP contribution in [0.1, 0.15) is 78.6 Å². The molecule has 0 aromatic heterocycles. The van der Waals surface area contributed by atoms with E-state index in [2.05, 4.69) is 13.8 Å². The quantitative estimate of drug-likeness (QED) is 0.515. The summed E-state index contributed by atoms with van der Waals surface area (Å²) in [5.41, 5.74) is 0.595. The summed E-state index contributed by atoms with van der Waals surface area (Å²) in [5.74, 6) is 2.54. The van der Waals surface area contributed by atoms with Crippen molar-refractivity contribution >= 4 is 5.97 Å². The van der Waals surface area contributed by atoms with E-state index >= 15 is 0 Å². The largest absolute Gasteiger partial charge is 0.462 e. The molecular weight excluding hydrogens is 340 g/mol. The highest BCUT2D eigenvalue weighted by atomic mass is 16.7. The van der Waals surface area contributed by atoms with Gasteiger partial charge in [-0.2, -0.15) is 0 Å². The Kier molecular flexibility index (Phi) is 4.91. The maximum Gasteiger partial charge on any atom is 0.302 e. The first-order valence-electron chi connectivity index (χ1n) is 11.1. The first-order chi connectivity index (χ1) is 12.8. The molecule has 4 rings (SSSR count). The summed E-state index contributed by atoms with van der Waals surface area (Å²) >= 11 is 0. The zero-order valence-corrected chi connectivity index (χ0v) is 17.9. The number of ether oxygens (including phenoxy) is 3. The fourth-order valence-corrected chi connectivity index (χ4v) is 8.00. The van der Waals surface area contributed by atoms with E-state index in [0.717, 1.165) is 37.0 Å². The van der Waals surface area contributed by atoms with Crippen molar-refractivity contribution in [2.24, 2.45) is 34.5 Å². The number of carbonyl (C=O) groups is 1. The predicted octanol–water partition coefficient (Wildman–Crippen LogP) is 4.95. The van der Waals surface area contributed by atoms with E-state index in [9.17, 15) is 4.79 Å². The maximum absolute atomic E-state index is 11.6. The highest BCUT2D eigenvalue weighted by Crippen LogP contribution is 2.67. The summed E-state index contributed by atoms with van der Waals surface area (Å²) in [6.07, 6.45) is 10.8. The normalized spacial score (nSPS) is 48.3. The lowest BCUT2D eigenvalue weighted by molar-refractivity contribution is -0.261. The van der Waals surface area contributed by atoms with E-state index in [1.54, 1.807) is 21.1 Å². The number of carbonyl (C=O) groups excluding carboxylic acids is 1. The van der Waals surface area contributed by atoms with E-state index in [1.807, 2.05) is 0 Å². The van der Waals surface area contributed by atoms with Gasteiger partial charge in [0.2, 0.25) is 0 Å². The van der Waals surface area contributed by atoms with Crippen molar-refractivity contribution in [3.05, 3.63) is 0 Å². The molecule has 4 heteroatoms. The molecule has 0 aromatic carbocycles. The van der Waals surface area contributed by atoms with Crippen LogP contribution in [-0.2, 0) is 19.0 Å². The van der Waals surface area contributed by atoms with Gasteiger partial charge in [-0.25, -0.2) is 0 Å². The molecule has 4 saturated carbocycles. The number of hydrogen-bond acceptors (Lipinski definition) is 4. The SMILES string of the molecule is COC1(OC)CC[C@@]2(C)[C@@H](CC[C@@H]3[C@H]2CC[C@]2(C)[C@@H](OC(C)=O)CC[C@H]32)C1. The molecule has 0 radical (unpaired) electrons. The molecule has 7 atom stereocenters. The van der Waals surface area contributed by atoms with Gasteiger partial charge >= 0.3 is 5.97 Å². The Labute approximate surface area is 164 Å². The van der Waals surface area contributed by atoms with Crippen LogP contribution in [0.4, 0.5) is 0 Å². The van der Waals surface area contributed by atoms with Crippen molar-refractivity contribution < 1.29 is 19.0 Å². The van der Waals surface area contributed by atoms with E-state index in [4.69, 9.17) is 14.2 Å². The van der Waals surface area contributed by atoms with E-state index in [1.165, 1.54) is 38.5 Å². The van der Waals surface area contributed by atoms with Crippen LogP contribution in [-0.4, -0.2) is 32.1 Å². The van der Waals surface area contributed by atoms with Crippen LogP contribution < -0.4 is 0 Å². The summed E-state index contributed by atoms with van der Waals surface area (Å²) in [7, 11) is 3.61. The van der Waals surface area contributed by atoms with Crippen LogP contribution in [0.5, 0.6) is 0 Å². The average Bonchev–Trinajstić information content (AvgIpc) is 2.97. The Balaban J connectivity index is 1.55. The summed E-state index contributed by atoms with van der Waals surface area (Å²) in [4.78, 5) is 11.6. The van der Waals surface area contributed by atoms with Crippen molar-refractivity contribution in [1.82, 2.24) is 0 Å². The smallest absolute Gasteiger partial charge is 0.302 e. The molecule has 0 aromatic rings. The van der Waals surface area contributed by atoms with Crippen LogP contribution in [0.25, 0.3) is 0 Å². The van der Waals surface area contributed by atoms with Crippen molar-refractivity contribution in [3.8, 4) is 0 Å². The molecule has 154 valence electrons. The third-order valence-electron chi connectivity index (χ3n) is 9.63. The zero-order valence-electron chi connectivity index (χ0n) is 17.9. The molecule has 27 heavy (non-hydrogen) atoms. The highest BCUT2D eigenvalue weighted by Gasteiger charge is 2.62. The molecule has 0 unspecified atom stereocenters. The number of methoxy groups -OCH3 is 2. The van der Waals surface area contributed by atoms with Gasteiger partial charge in [-0.1, -0.05) is 13.8 Å². The molecule has 0 aliphatic heterocycles. The van der Waals surface area contributed by atoms with Gasteiger partial charge < -0.3 is 14.2 Å². The van der Waals surface area contributed by atoms with Gasteiger partial charge in [0.15, 0.2) is 5.79 Å². The van der Waals surface area contributed by atoms with E-state index < -0.39 is 0 Å². The standard InChI is InChI=1S/C23H38O4/c1-15(24)27-20-9-8-18-17-7-6-16-14-23(25-4,26-5)13-12-21(16,2)19(17)10-11-22(18,20)3/h16-20H,6-14H2,1-5H3/t16-,17-,18+,19+,20-,21-,22-/m0/s1. The second-order valence-electron chi connectivity index (χ2n) is 10.4. The monoisotopic (exact) mass is 378 g/mol. The minimum absolute atomic E-state index is 0.109. The molecule has 0 bridgehead atoms. The van der Waals surface area contributed by atoms with Gasteiger partial charge in [-0.3, -0.25) is 4.79 Å². The van der Waals surface area contributed by atoms with Crippen LogP contribution in [0.15, 0.2) is 0 Å². The summed E-state index contributed by atoms with van der Waals surface area (Å²) in [6.45, 7) is 6.53. The zero-order chi connectivity index (χ0) is 19.4. The number of esters is 1. The first-order valence-corrected chi connectivity index (χ1v) is 11.1. The molecule has 4 aliphatic carbocycles. The number of hydrogen-bond donors (Lipinski definition) is 0. The molecular formula is C23H38O4. The highest BCUT2D eigenvalue weighted by molar-refractivity contribution is 5.66. The molecule has 4 nitrogen and oxygen atoms in total. The lowest BCUT2D eigenvalue weighted by Crippen LogP contribution is -2.57. The minimum atomic E-state index is -0.367. The van der Waals surface area contributed by atoms with Gasteiger partial charge in [-0.05, 0) is 74.0 Å². The molecule has 0 saturated heterocycles. The third-order valence-corrected chi connectivity index (χ3v) is 9.63. The third kappa shape index (κ3) is 2.88. The second-order valence-corrected chi connectivity index (χ2v) is 10.4. The molecule has 0 heterocycles. The van der Waals surface area contributed by atoms with Crippen LogP contribution >= 0.6 is 0 Å². The molecule has 4 fully saturated rings. The Hall–Kier alpha value is -0.610. The van der Waals surface area contributed by atoms with E-state index in [-0.39, 0.29) is 23.3 Å². The maximum atomic E-state index is 11.6. The van der Waals surface area contributed by atoms with Crippen LogP contribution in [0.2, 0.25) is 0 Å². The topological polar surface area (TPSA) is 44.8 Å². The van der Waals surface area contributed by atoms with Crippen molar-refractivity contribution in [2.75, 3.05) is 14.2 Å². The van der Waals surface area contributed by atoms with Crippen molar-refractivity contribution in [1.29, 1.82) is 0 Å². The molecule has 0 amide bonds. The van der Waals surface area contributed by atoms with E-state index in [0.29, 0.717) is 11.3 Å². The molecule has 0 N–H and O–H groups in total. The van der Waals surface area contributed by atoms with Crippen molar-refractivity contribution in [3.63, 3.8) is 0 Å². The predicted molar refractivity (Wildman–Crippen MR) is 104 cm³/mol. The Morgan fingerprint density at radius 2 is 1.56 bits per heavy atom. The molecule has 0 spiro atoms. The Bertz CT molecular complexity index is 585. The number of fused-ring (bicyclic) bond motifs is 5. The Morgan fingerprint density at radius 3 is 2.22 bits per heavy atom.